The molecule has 222 valence electrons. The van der Waals surface area contributed by atoms with Crippen LogP contribution in [0.1, 0.15) is 29.0 Å². The van der Waals surface area contributed by atoms with Crippen LogP contribution in [-0.2, 0) is 0 Å². The molecule has 47 heavy (non-hydrogen) atoms. The van der Waals surface area contributed by atoms with E-state index in [1.54, 1.807) is 0 Å². The van der Waals surface area contributed by atoms with Crippen LogP contribution in [0.2, 0.25) is 0 Å². The van der Waals surface area contributed by atoms with Crippen LogP contribution in [0.15, 0.2) is 164 Å². The molecule has 0 spiro atoms. The molecule has 0 fully saturated rings. The third kappa shape index (κ3) is 4.91. The van der Waals surface area contributed by atoms with E-state index in [2.05, 4.69) is 132 Å². The van der Waals surface area contributed by atoms with Gasteiger partial charge in [0.15, 0.2) is 5.65 Å². The molecule has 0 amide bonds. The maximum Gasteiger partial charge on any atom is 0.166 e. The highest BCUT2D eigenvalue weighted by Gasteiger charge is 2.22. The molecule has 0 radical (unpaired) electrons. The number of allylic oxidation sites excluding steroid dienone is 4. The summed E-state index contributed by atoms with van der Waals surface area (Å²) in [6, 6.07) is 50.9. The summed E-state index contributed by atoms with van der Waals surface area (Å²) in [5.41, 5.74) is 13.0. The number of nitrogens with zero attached hydrogens (tertiary/aromatic N) is 4. The third-order valence-corrected chi connectivity index (χ3v) is 9.20. The molecule has 1 unspecified atom stereocenters. The van der Waals surface area contributed by atoms with E-state index in [-0.39, 0.29) is 5.92 Å². The Morgan fingerprint density at radius 1 is 0.574 bits per heavy atom. The van der Waals surface area contributed by atoms with Crippen molar-refractivity contribution in [2.24, 2.45) is 0 Å². The van der Waals surface area contributed by atoms with Gasteiger partial charge in [0.05, 0.1) is 16.6 Å². The van der Waals surface area contributed by atoms with Crippen molar-refractivity contribution in [3.05, 3.63) is 181 Å². The van der Waals surface area contributed by atoms with E-state index in [4.69, 9.17) is 15.0 Å². The monoisotopic (exact) mass is 602 g/mol. The van der Waals surface area contributed by atoms with E-state index in [1.165, 1.54) is 27.8 Å². The predicted molar refractivity (Wildman–Crippen MR) is 193 cm³/mol. The molecule has 8 aromatic rings. The Balaban J connectivity index is 1.22. The molecule has 1 aliphatic carbocycles. The Labute approximate surface area is 273 Å². The fourth-order valence-electron chi connectivity index (χ4n) is 6.85. The predicted octanol–water partition coefficient (Wildman–Crippen LogP) is 10.4. The minimum absolute atomic E-state index is 0.277. The molecule has 9 rings (SSSR count). The molecule has 1 atom stereocenters. The van der Waals surface area contributed by atoms with E-state index >= 15 is 0 Å². The lowest BCUT2D eigenvalue weighted by atomic mass is 9.81. The van der Waals surface area contributed by atoms with Crippen molar-refractivity contribution >= 4 is 44.2 Å². The van der Waals surface area contributed by atoms with E-state index in [9.17, 15) is 0 Å². The summed E-state index contributed by atoms with van der Waals surface area (Å²) in [5.74, 6) is 1.09. The number of rotatable bonds is 5. The third-order valence-electron chi connectivity index (χ3n) is 9.20. The summed E-state index contributed by atoms with van der Waals surface area (Å²) in [4.78, 5) is 15.3. The Morgan fingerprint density at radius 2 is 1.23 bits per heavy atom. The summed E-state index contributed by atoms with van der Waals surface area (Å²) in [7, 11) is 0. The average molecular weight is 603 g/mol. The Bertz CT molecular complexity index is 2460. The molecule has 0 saturated heterocycles. The first-order valence-electron chi connectivity index (χ1n) is 16.0. The zero-order chi connectivity index (χ0) is 31.2. The normalized spacial score (nSPS) is 14.8. The van der Waals surface area contributed by atoms with Crippen LogP contribution in [0, 0.1) is 0 Å². The van der Waals surface area contributed by atoms with Gasteiger partial charge in [-0.25, -0.2) is 15.0 Å². The molecule has 0 saturated carbocycles. The quantitative estimate of drug-likeness (QED) is 0.197. The van der Waals surface area contributed by atoms with Gasteiger partial charge in [0, 0.05) is 23.1 Å². The van der Waals surface area contributed by atoms with E-state index in [1.807, 2.05) is 36.5 Å². The first kappa shape index (κ1) is 27.2. The molecule has 4 nitrogen and oxygen atoms in total. The van der Waals surface area contributed by atoms with Gasteiger partial charge in [0.2, 0.25) is 0 Å². The molecule has 5 aromatic carbocycles. The second kappa shape index (κ2) is 11.3. The Morgan fingerprint density at radius 3 is 1.96 bits per heavy atom. The zero-order valence-electron chi connectivity index (χ0n) is 25.7. The van der Waals surface area contributed by atoms with E-state index in [0.717, 1.165) is 56.5 Å². The van der Waals surface area contributed by atoms with Gasteiger partial charge in [-0.05, 0) is 76.2 Å². The maximum atomic E-state index is 5.19. The smallest absolute Gasteiger partial charge is 0.166 e. The van der Waals surface area contributed by atoms with Crippen molar-refractivity contribution in [1.82, 2.24) is 19.5 Å². The van der Waals surface area contributed by atoms with Gasteiger partial charge in [-0.1, -0.05) is 121 Å². The highest BCUT2D eigenvalue weighted by atomic mass is 15.1. The highest BCUT2D eigenvalue weighted by Crippen LogP contribution is 2.41. The summed E-state index contributed by atoms with van der Waals surface area (Å²) in [6.07, 6.45) is 7.64. The zero-order valence-corrected chi connectivity index (χ0v) is 25.7. The lowest BCUT2D eigenvalue weighted by Crippen LogP contribution is -2.04. The number of fused-ring (bicyclic) bond motifs is 4. The number of pyridine rings is 1. The lowest BCUT2D eigenvalue weighted by Gasteiger charge is -2.23. The molecule has 1 aliphatic rings. The van der Waals surface area contributed by atoms with Crippen LogP contribution >= 0.6 is 0 Å². The van der Waals surface area contributed by atoms with Crippen molar-refractivity contribution in [3.63, 3.8) is 0 Å². The first-order valence-corrected chi connectivity index (χ1v) is 16.0. The Hall–Kier alpha value is -6.13. The minimum Gasteiger partial charge on any atom is -0.276 e. The number of para-hydroxylation sites is 2. The molecule has 4 heteroatoms. The van der Waals surface area contributed by atoms with Crippen molar-refractivity contribution < 1.29 is 0 Å². The van der Waals surface area contributed by atoms with Crippen molar-refractivity contribution in [3.8, 4) is 16.9 Å². The van der Waals surface area contributed by atoms with Gasteiger partial charge in [0.25, 0.3) is 0 Å². The number of hydrogen-bond donors (Lipinski definition) is 0. The highest BCUT2D eigenvalue weighted by molar-refractivity contribution is 6.08. The molecule has 0 bridgehead atoms. The van der Waals surface area contributed by atoms with Crippen molar-refractivity contribution in [1.29, 1.82) is 0 Å². The SMILES string of the molecule is C1=C(c2ccccc2)C=C(c2ccc3c(c2)c2nc4ccccc4nc2n3-c2ccc(-c3ccccc3)cn2)CC1c1ccccc1. The van der Waals surface area contributed by atoms with Gasteiger partial charge in [0.1, 0.15) is 11.3 Å². The minimum atomic E-state index is 0.277. The number of aromatic nitrogens is 4. The summed E-state index contributed by atoms with van der Waals surface area (Å²) in [5, 5.41) is 1.07. The topological polar surface area (TPSA) is 43.6 Å². The standard InChI is InChI=1S/C43H30N4/c1-4-12-29(13-5-1)33-21-23-41(44-28-33)47-40-22-20-32(27-37(40)42-43(47)46-39-19-11-10-18-38(39)45-42)36-25-34(30-14-6-2-7-15-30)24-35(26-36)31-16-8-3-9-17-31/h1-25,27-28,35H,26H2. The van der Waals surface area contributed by atoms with Crippen LogP contribution in [0.5, 0.6) is 0 Å². The molecule has 0 aliphatic heterocycles. The molecular weight excluding hydrogens is 573 g/mol. The van der Waals surface area contributed by atoms with E-state index < -0.39 is 0 Å². The molecule has 0 N–H and O–H groups in total. The van der Waals surface area contributed by atoms with Crippen molar-refractivity contribution in [2.75, 3.05) is 0 Å². The Kier molecular flexibility index (Phi) is 6.57. The van der Waals surface area contributed by atoms with Crippen LogP contribution in [0.3, 0.4) is 0 Å². The second-order valence-electron chi connectivity index (χ2n) is 12.1. The van der Waals surface area contributed by atoms with E-state index in [0.29, 0.717) is 0 Å². The van der Waals surface area contributed by atoms with Crippen LogP contribution in [-0.4, -0.2) is 19.5 Å². The van der Waals surface area contributed by atoms with Crippen LogP contribution in [0.25, 0.3) is 61.2 Å². The van der Waals surface area contributed by atoms with Gasteiger partial charge < -0.3 is 0 Å². The van der Waals surface area contributed by atoms with Crippen molar-refractivity contribution in [2.45, 2.75) is 12.3 Å². The fourth-order valence-corrected chi connectivity index (χ4v) is 6.85. The fraction of sp³-hybridized carbons (Fsp3) is 0.0465. The van der Waals surface area contributed by atoms with Gasteiger partial charge in [-0.15, -0.1) is 0 Å². The number of hydrogen-bond acceptors (Lipinski definition) is 3. The summed E-state index contributed by atoms with van der Waals surface area (Å²) >= 11 is 0. The van der Waals surface area contributed by atoms with Gasteiger partial charge in [-0.3, -0.25) is 4.57 Å². The average Bonchev–Trinajstić information content (AvgIpc) is 3.47. The summed E-state index contributed by atoms with van der Waals surface area (Å²) < 4.78 is 2.15. The number of benzene rings is 5. The van der Waals surface area contributed by atoms with Crippen LogP contribution in [0.4, 0.5) is 0 Å². The molecule has 3 aromatic heterocycles. The molecular formula is C43H30N4. The second-order valence-corrected chi connectivity index (χ2v) is 12.1. The largest absolute Gasteiger partial charge is 0.276 e. The van der Waals surface area contributed by atoms with Gasteiger partial charge in [-0.2, -0.15) is 0 Å². The summed E-state index contributed by atoms with van der Waals surface area (Å²) in [6.45, 7) is 0. The van der Waals surface area contributed by atoms with Crippen LogP contribution < -0.4 is 0 Å². The molecule has 3 heterocycles. The van der Waals surface area contributed by atoms with Gasteiger partial charge >= 0.3 is 0 Å². The lowest BCUT2D eigenvalue weighted by molar-refractivity contribution is 0.871. The maximum absolute atomic E-state index is 5.19. The first-order chi connectivity index (χ1) is 23.3.